The fourth-order valence-corrected chi connectivity index (χ4v) is 5.80. The molecular weight excluding hydrogens is 506 g/mol. The van der Waals surface area contributed by atoms with Gasteiger partial charge in [-0.25, -0.2) is 8.42 Å². The molecular formula is C19H26ClN7O5S2. The molecule has 0 saturated carbocycles. The van der Waals surface area contributed by atoms with E-state index in [1.165, 1.54) is 24.3 Å². The molecule has 1 aromatic heterocycles. The summed E-state index contributed by atoms with van der Waals surface area (Å²) in [5, 5.41) is 22.4. The number of carboxylic acids is 1. The highest BCUT2D eigenvalue weighted by Crippen LogP contribution is 2.23. The predicted molar refractivity (Wildman–Crippen MR) is 129 cm³/mol. The molecule has 1 aliphatic rings. The van der Waals surface area contributed by atoms with E-state index in [0.29, 0.717) is 18.0 Å². The zero-order chi connectivity index (χ0) is 24.1. The van der Waals surface area contributed by atoms with E-state index >= 15 is 0 Å². The Morgan fingerprint density at radius 1 is 1.21 bits per heavy atom. The molecule has 0 amide bonds. The Morgan fingerprint density at radius 3 is 2.50 bits per heavy atom. The second kappa shape index (κ2) is 11.7. The van der Waals surface area contributed by atoms with Crippen molar-refractivity contribution in [1.29, 1.82) is 0 Å². The number of sulfone groups is 1. The number of guanidine groups is 1. The number of carboxylic acid groups (broad SMARTS) is 1. The van der Waals surface area contributed by atoms with Crippen LogP contribution in [0.5, 0.6) is 0 Å². The summed E-state index contributed by atoms with van der Waals surface area (Å²) in [5.74, 6) is -2.02. The molecule has 1 atom stereocenters. The number of carbonyl (C=O) groups excluding carboxylic acids is 1. The molecule has 0 bridgehead atoms. The van der Waals surface area contributed by atoms with Gasteiger partial charge in [0.2, 0.25) is 5.25 Å². The maximum Gasteiger partial charge on any atom is 0.326 e. The first-order valence-corrected chi connectivity index (χ1v) is 12.4. The Hall–Kier alpha value is -2.65. The molecule has 7 N–H and O–H groups in total. The van der Waals surface area contributed by atoms with E-state index in [0.717, 1.165) is 36.8 Å². The van der Waals surface area contributed by atoms with Gasteiger partial charge in [0.25, 0.3) is 0 Å². The highest BCUT2D eigenvalue weighted by atomic mass is 35.5. The number of nitrogens with one attached hydrogen (secondary N) is 2. The summed E-state index contributed by atoms with van der Waals surface area (Å²) in [5.41, 5.74) is 9.01. The van der Waals surface area contributed by atoms with Crippen LogP contribution in [-0.4, -0.2) is 72.0 Å². The van der Waals surface area contributed by atoms with Crippen molar-refractivity contribution >= 4 is 51.3 Å². The van der Waals surface area contributed by atoms with Crippen LogP contribution in [0.15, 0.2) is 40.2 Å². The Bertz CT molecular complexity index is 1140. The summed E-state index contributed by atoms with van der Waals surface area (Å²) in [7, 11) is -4.54. The third kappa shape index (κ3) is 6.48. The van der Waals surface area contributed by atoms with Crippen LogP contribution in [0, 0.1) is 0 Å². The van der Waals surface area contributed by atoms with Crippen molar-refractivity contribution in [2.45, 2.75) is 35.1 Å². The second-order valence-electron chi connectivity index (χ2n) is 7.39. The highest BCUT2D eigenvalue weighted by molar-refractivity contribution is 7.93. The number of ketones is 1. The maximum atomic E-state index is 12.9. The smallest absolute Gasteiger partial charge is 0.326 e. The molecule has 2 heterocycles. The zero-order valence-electron chi connectivity index (χ0n) is 18.0. The number of aliphatic carboxylic acids is 1. The largest absolute Gasteiger partial charge is 0.480 e. The first-order valence-electron chi connectivity index (χ1n) is 10.1. The fraction of sp³-hybridized carbons (Fsp3) is 0.421. The molecule has 0 spiro atoms. The summed E-state index contributed by atoms with van der Waals surface area (Å²) >= 11 is 1.16. The van der Waals surface area contributed by atoms with Gasteiger partial charge < -0.3 is 27.2 Å². The summed E-state index contributed by atoms with van der Waals surface area (Å²) < 4.78 is 25.8. The molecule has 12 nitrogen and oxygen atoms in total. The van der Waals surface area contributed by atoms with Gasteiger partial charge in [-0.05, 0) is 18.6 Å². The van der Waals surface area contributed by atoms with Gasteiger partial charge in [0.05, 0.1) is 17.9 Å². The van der Waals surface area contributed by atoms with Crippen LogP contribution < -0.4 is 22.1 Å². The molecule has 0 aliphatic carbocycles. The van der Waals surface area contributed by atoms with Crippen LogP contribution in [-0.2, 0) is 32.3 Å². The van der Waals surface area contributed by atoms with Gasteiger partial charge in [-0.15, -0.1) is 33.9 Å². The number of aliphatic imine (C=N–C) groups is 1. The average molecular weight is 532 g/mol. The quantitative estimate of drug-likeness (QED) is 0.177. The molecule has 0 radical (unpaired) electrons. The number of aromatic nitrogens is 2. The average Bonchev–Trinajstić information content (AvgIpc) is 3.43. The van der Waals surface area contributed by atoms with Gasteiger partial charge >= 0.3 is 5.97 Å². The van der Waals surface area contributed by atoms with E-state index in [4.69, 9.17) is 11.5 Å². The molecule has 1 aromatic carbocycles. The third-order valence-electron chi connectivity index (χ3n) is 4.88. The van der Waals surface area contributed by atoms with Crippen molar-refractivity contribution in [3.8, 4) is 0 Å². The number of aryl methyl sites for hydroxylation is 1. The van der Waals surface area contributed by atoms with E-state index in [9.17, 15) is 23.1 Å². The van der Waals surface area contributed by atoms with E-state index in [1.807, 2.05) is 0 Å². The summed E-state index contributed by atoms with van der Waals surface area (Å²) in [4.78, 5) is 28.6. The van der Waals surface area contributed by atoms with E-state index in [-0.39, 0.29) is 22.3 Å². The molecule has 34 heavy (non-hydrogen) atoms. The Morgan fingerprint density at radius 2 is 1.88 bits per heavy atom. The first-order chi connectivity index (χ1) is 15.6. The van der Waals surface area contributed by atoms with Gasteiger partial charge in [0, 0.05) is 19.5 Å². The van der Waals surface area contributed by atoms with Gasteiger partial charge in [0.15, 0.2) is 27.2 Å². The lowest BCUT2D eigenvalue weighted by molar-refractivity contribution is -0.140. The number of halogens is 1. The normalized spacial score (nSPS) is 14.5. The number of rotatable bonds is 11. The lowest BCUT2D eigenvalue weighted by atomic mass is 10.00. The SMILES string of the molecule is Cl.NC(N)(C(=O)Cc1nnc(CCCNC2=NCCN2)s1)[C@@H](C(=O)O)S(=O)(=O)c1ccccc1. The number of nitrogens with two attached hydrogens (primary N) is 2. The van der Waals surface area contributed by atoms with Crippen LogP contribution in [0.1, 0.15) is 16.4 Å². The van der Waals surface area contributed by atoms with Crippen LogP contribution in [0.25, 0.3) is 0 Å². The van der Waals surface area contributed by atoms with E-state index < -0.39 is 38.9 Å². The molecule has 1 aliphatic heterocycles. The first kappa shape index (κ1) is 27.6. The second-order valence-corrected chi connectivity index (χ2v) is 10.6. The number of hydrogen-bond donors (Lipinski definition) is 5. The Kier molecular flexibility index (Phi) is 9.46. The zero-order valence-corrected chi connectivity index (χ0v) is 20.5. The van der Waals surface area contributed by atoms with E-state index in [1.54, 1.807) is 6.07 Å². The molecule has 15 heteroatoms. The molecule has 3 rings (SSSR count). The molecule has 2 aromatic rings. The van der Waals surface area contributed by atoms with Crippen LogP contribution in [0.2, 0.25) is 0 Å². The summed E-state index contributed by atoms with van der Waals surface area (Å²) in [6.07, 6.45) is 0.914. The number of hydrogen-bond acceptors (Lipinski definition) is 12. The lowest BCUT2D eigenvalue weighted by Crippen LogP contribution is -2.69. The third-order valence-corrected chi connectivity index (χ3v) is 8.00. The predicted octanol–water partition coefficient (Wildman–Crippen LogP) is -0.906. The van der Waals surface area contributed by atoms with Gasteiger partial charge in [0.1, 0.15) is 10.0 Å². The van der Waals surface area contributed by atoms with Crippen LogP contribution >= 0.6 is 23.7 Å². The maximum absolute atomic E-state index is 12.9. The minimum absolute atomic E-state index is 0. The standard InChI is InChI=1S/C19H25N7O5S2.ClH/c20-19(21,16(17(28)29)33(30,31)12-5-2-1-3-6-12)13(27)11-15-26-25-14(32-15)7-4-8-22-18-23-9-10-24-18;/h1-3,5-6,16H,4,7-11,20-21H2,(H,28,29)(H2,22,23,24);1H/t16-;/m1./s1. The van der Waals surface area contributed by atoms with Crippen LogP contribution in [0.3, 0.4) is 0 Å². The molecule has 0 unspecified atom stereocenters. The number of benzene rings is 1. The molecule has 186 valence electrons. The number of nitrogens with zero attached hydrogens (tertiary/aromatic N) is 3. The van der Waals surface area contributed by atoms with Gasteiger partial charge in [-0.3, -0.25) is 14.6 Å². The molecule has 0 fully saturated rings. The van der Waals surface area contributed by atoms with Gasteiger partial charge in [-0.1, -0.05) is 18.2 Å². The van der Waals surface area contributed by atoms with Crippen LogP contribution in [0.4, 0.5) is 0 Å². The number of Topliss-reactive ketones (excluding diaryl/α,β-unsaturated/α-hetero) is 1. The van der Waals surface area contributed by atoms with Gasteiger partial charge in [-0.2, -0.15) is 0 Å². The summed E-state index contributed by atoms with van der Waals surface area (Å²) in [6.45, 7) is 2.23. The highest BCUT2D eigenvalue weighted by Gasteiger charge is 2.51. The topological polar surface area (TPSA) is 203 Å². The van der Waals surface area contributed by atoms with Crippen molar-refractivity contribution < 1.29 is 23.1 Å². The fourth-order valence-electron chi connectivity index (χ4n) is 3.20. The Balaban J connectivity index is 0.00000408. The minimum atomic E-state index is -4.54. The van der Waals surface area contributed by atoms with Crippen molar-refractivity contribution in [2.75, 3.05) is 19.6 Å². The van der Waals surface area contributed by atoms with Crippen molar-refractivity contribution in [3.63, 3.8) is 0 Å². The van der Waals surface area contributed by atoms with Crippen molar-refractivity contribution in [1.82, 2.24) is 20.8 Å². The van der Waals surface area contributed by atoms with E-state index in [2.05, 4.69) is 25.8 Å². The van der Waals surface area contributed by atoms with Crippen molar-refractivity contribution in [3.05, 3.63) is 40.3 Å². The monoisotopic (exact) mass is 531 g/mol. The minimum Gasteiger partial charge on any atom is -0.480 e. The number of carbonyl (C=O) groups is 2. The Labute approximate surface area is 206 Å². The summed E-state index contributed by atoms with van der Waals surface area (Å²) in [6, 6.07) is 6.86. The van der Waals surface area contributed by atoms with Crippen molar-refractivity contribution in [2.24, 2.45) is 16.5 Å². The molecule has 0 saturated heterocycles. The lowest BCUT2D eigenvalue weighted by Gasteiger charge is -2.29.